The fourth-order valence-corrected chi connectivity index (χ4v) is 4.29. The van der Waals surface area contributed by atoms with Crippen molar-refractivity contribution in [1.82, 2.24) is 20.5 Å². The molecule has 4 rings (SSSR count). The van der Waals surface area contributed by atoms with Crippen molar-refractivity contribution in [3.63, 3.8) is 0 Å². The van der Waals surface area contributed by atoms with E-state index < -0.39 is 0 Å². The minimum atomic E-state index is 0.0285. The zero-order valence-electron chi connectivity index (χ0n) is 15.7. The number of hydrogen-bond donors (Lipinski definition) is 2. The number of nitrogens with zero attached hydrogens (tertiary/aromatic N) is 2. The Labute approximate surface area is 161 Å². The Morgan fingerprint density at radius 1 is 1.11 bits per heavy atom. The fourth-order valence-electron chi connectivity index (χ4n) is 4.29. The molecular weight excluding hydrogens is 336 g/mol. The summed E-state index contributed by atoms with van der Waals surface area (Å²) in [6.07, 6.45) is 6.69. The third-order valence-electron chi connectivity index (χ3n) is 5.78. The first kappa shape index (κ1) is 18.1. The number of benzene rings is 1. The second-order valence-electron chi connectivity index (χ2n) is 7.66. The van der Waals surface area contributed by atoms with Crippen molar-refractivity contribution in [2.24, 2.45) is 5.92 Å². The molecule has 5 nitrogen and oxygen atoms in total. The van der Waals surface area contributed by atoms with Crippen LogP contribution in [-0.4, -0.2) is 41.5 Å². The molecule has 2 aliphatic heterocycles. The lowest BCUT2D eigenvalue weighted by molar-refractivity contribution is -0.126. The second-order valence-corrected chi connectivity index (χ2v) is 7.66. The van der Waals surface area contributed by atoms with E-state index in [-0.39, 0.29) is 17.9 Å². The van der Waals surface area contributed by atoms with E-state index in [0.29, 0.717) is 6.04 Å². The van der Waals surface area contributed by atoms with Crippen molar-refractivity contribution in [2.45, 2.75) is 37.9 Å². The van der Waals surface area contributed by atoms with Gasteiger partial charge in [-0.05, 0) is 43.0 Å². The maximum absolute atomic E-state index is 12.9. The Morgan fingerprint density at radius 2 is 1.93 bits per heavy atom. The van der Waals surface area contributed by atoms with Gasteiger partial charge in [-0.2, -0.15) is 0 Å². The van der Waals surface area contributed by atoms with Crippen LogP contribution in [-0.2, 0) is 11.3 Å². The monoisotopic (exact) mass is 364 g/mol. The van der Waals surface area contributed by atoms with Crippen LogP contribution in [0.5, 0.6) is 0 Å². The van der Waals surface area contributed by atoms with Gasteiger partial charge < -0.3 is 10.6 Å². The number of hydrogen-bond acceptors (Lipinski definition) is 4. The lowest BCUT2D eigenvalue weighted by Gasteiger charge is -2.33. The average molecular weight is 364 g/mol. The number of rotatable bonds is 5. The fraction of sp³-hybridized carbons (Fsp3) is 0.455. The topological polar surface area (TPSA) is 57.3 Å². The van der Waals surface area contributed by atoms with Gasteiger partial charge in [0.25, 0.3) is 0 Å². The third-order valence-corrected chi connectivity index (χ3v) is 5.78. The van der Waals surface area contributed by atoms with Crippen LogP contribution in [0, 0.1) is 5.92 Å². The van der Waals surface area contributed by atoms with Crippen LogP contribution in [0.25, 0.3) is 0 Å². The van der Waals surface area contributed by atoms with E-state index >= 15 is 0 Å². The van der Waals surface area contributed by atoms with Gasteiger partial charge in [-0.3, -0.25) is 14.7 Å². The number of carbonyl (C=O) groups is 1. The number of likely N-dealkylation sites (tertiary alicyclic amines) is 1. The number of amides is 1. The Balaban J connectivity index is 1.28. The van der Waals surface area contributed by atoms with E-state index in [0.717, 1.165) is 45.4 Å². The Morgan fingerprint density at radius 3 is 2.67 bits per heavy atom. The highest BCUT2D eigenvalue weighted by molar-refractivity contribution is 5.80. The predicted molar refractivity (Wildman–Crippen MR) is 106 cm³/mol. The Bertz CT molecular complexity index is 728. The highest BCUT2D eigenvalue weighted by atomic mass is 16.2. The van der Waals surface area contributed by atoms with Gasteiger partial charge in [0.05, 0.1) is 5.92 Å². The van der Waals surface area contributed by atoms with Crippen molar-refractivity contribution in [3.05, 3.63) is 66.0 Å². The zero-order chi connectivity index (χ0) is 18.5. The molecule has 5 heteroatoms. The summed E-state index contributed by atoms with van der Waals surface area (Å²) in [7, 11) is 0. The van der Waals surface area contributed by atoms with E-state index in [9.17, 15) is 4.79 Å². The largest absolute Gasteiger partial charge is 0.353 e. The molecule has 2 saturated heterocycles. The molecule has 0 bridgehead atoms. The lowest BCUT2D eigenvalue weighted by atomic mass is 9.92. The number of carbonyl (C=O) groups excluding carboxylic acids is 1. The molecule has 0 aliphatic carbocycles. The van der Waals surface area contributed by atoms with E-state index in [1.165, 1.54) is 11.1 Å². The highest BCUT2D eigenvalue weighted by Gasteiger charge is 2.34. The van der Waals surface area contributed by atoms with Crippen LogP contribution < -0.4 is 10.6 Å². The summed E-state index contributed by atoms with van der Waals surface area (Å²) >= 11 is 0. The van der Waals surface area contributed by atoms with Crippen molar-refractivity contribution in [1.29, 1.82) is 0 Å². The summed E-state index contributed by atoms with van der Waals surface area (Å²) in [6.45, 7) is 3.88. The molecule has 3 heterocycles. The van der Waals surface area contributed by atoms with Crippen LogP contribution in [0.2, 0.25) is 0 Å². The van der Waals surface area contributed by atoms with Crippen LogP contribution >= 0.6 is 0 Å². The van der Waals surface area contributed by atoms with Gasteiger partial charge in [0.2, 0.25) is 5.91 Å². The first-order chi connectivity index (χ1) is 13.3. The number of nitrogens with one attached hydrogen (secondary N) is 2. The molecule has 2 fully saturated rings. The van der Waals surface area contributed by atoms with Gasteiger partial charge in [0, 0.05) is 44.1 Å². The summed E-state index contributed by atoms with van der Waals surface area (Å²) in [5, 5.41) is 6.83. The molecule has 0 saturated carbocycles. The SMILES string of the molecule is O=C(NC1CCN(Cc2cccnc2)CC1)C1CCNC1c1ccccc1. The zero-order valence-corrected chi connectivity index (χ0v) is 15.7. The van der Waals surface area contributed by atoms with Crippen molar-refractivity contribution in [3.8, 4) is 0 Å². The molecule has 2 N–H and O–H groups in total. The summed E-state index contributed by atoms with van der Waals surface area (Å²) in [4.78, 5) is 19.5. The molecule has 0 radical (unpaired) electrons. The molecule has 27 heavy (non-hydrogen) atoms. The van der Waals surface area contributed by atoms with Crippen molar-refractivity contribution in [2.75, 3.05) is 19.6 Å². The third kappa shape index (κ3) is 4.54. The number of pyridine rings is 1. The van der Waals surface area contributed by atoms with Crippen molar-refractivity contribution >= 4 is 5.91 Å². The quantitative estimate of drug-likeness (QED) is 0.856. The number of piperidine rings is 1. The maximum atomic E-state index is 12.9. The van der Waals surface area contributed by atoms with Gasteiger partial charge in [0.1, 0.15) is 0 Å². The van der Waals surface area contributed by atoms with E-state index in [2.05, 4.69) is 38.7 Å². The molecule has 0 spiro atoms. The molecule has 2 aromatic rings. The van der Waals surface area contributed by atoms with Gasteiger partial charge in [0.15, 0.2) is 0 Å². The standard InChI is InChI=1S/C22H28N4O/c27-22(20-8-12-24-21(20)18-6-2-1-3-7-18)25-19-9-13-26(14-10-19)16-17-5-4-11-23-15-17/h1-7,11,15,19-21,24H,8-10,12-14,16H2,(H,25,27). The molecule has 2 unspecified atom stereocenters. The molecule has 2 atom stereocenters. The van der Waals surface area contributed by atoms with Crippen LogP contribution in [0.4, 0.5) is 0 Å². The molecule has 142 valence electrons. The second kappa shape index (κ2) is 8.63. The Hall–Kier alpha value is -2.24. The van der Waals surface area contributed by atoms with Gasteiger partial charge in [-0.1, -0.05) is 36.4 Å². The van der Waals surface area contributed by atoms with Gasteiger partial charge in [-0.15, -0.1) is 0 Å². The van der Waals surface area contributed by atoms with Gasteiger partial charge >= 0.3 is 0 Å². The smallest absolute Gasteiger partial charge is 0.225 e. The molecule has 1 aromatic carbocycles. The minimum absolute atomic E-state index is 0.0285. The van der Waals surface area contributed by atoms with E-state index in [1.54, 1.807) is 0 Å². The average Bonchev–Trinajstić information content (AvgIpc) is 3.21. The van der Waals surface area contributed by atoms with Crippen LogP contribution in [0.3, 0.4) is 0 Å². The summed E-state index contributed by atoms with van der Waals surface area (Å²) in [6, 6.07) is 14.9. The first-order valence-corrected chi connectivity index (χ1v) is 9.99. The Kier molecular flexibility index (Phi) is 5.80. The predicted octanol–water partition coefficient (Wildman–Crippen LogP) is 2.51. The highest BCUT2D eigenvalue weighted by Crippen LogP contribution is 2.30. The molecular formula is C22H28N4O. The number of aromatic nitrogens is 1. The van der Waals surface area contributed by atoms with Crippen molar-refractivity contribution < 1.29 is 4.79 Å². The maximum Gasteiger partial charge on any atom is 0.225 e. The van der Waals surface area contributed by atoms with Gasteiger partial charge in [-0.25, -0.2) is 0 Å². The minimum Gasteiger partial charge on any atom is -0.353 e. The van der Waals surface area contributed by atoms with Crippen LogP contribution in [0.1, 0.15) is 36.4 Å². The van der Waals surface area contributed by atoms with Crippen LogP contribution in [0.15, 0.2) is 54.9 Å². The normalized spacial score (nSPS) is 24.0. The molecule has 2 aliphatic rings. The summed E-state index contributed by atoms with van der Waals surface area (Å²) in [5.41, 5.74) is 2.46. The summed E-state index contributed by atoms with van der Waals surface area (Å²) in [5.74, 6) is 0.236. The molecule has 1 aromatic heterocycles. The summed E-state index contributed by atoms with van der Waals surface area (Å²) < 4.78 is 0. The van der Waals surface area contributed by atoms with E-state index in [1.807, 2.05) is 36.7 Å². The lowest BCUT2D eigenvalue weighted by Crippen LogP contribution is -2.46. The first-order valence-electron chi connectivity index (χ1n) is 9.99. The molecule has 1 amide bonds. The van der Waals surface area contributed by atoms with E-state index in [4.69, 9.17) is 0 Å².